The van der Waals surface area contributed by atoms with E-state index >= 15 is 0 Å². The van der Waals surface area contributed by atoms with Gasteiger partial charge in [0.1, 0.15) is 0 Å². The van der Waals surface area contributed by atoms with Crippen molar-refractivity contribution in [2.45, 2.75) is 0 Å². The quantitative estimate of drug-likeness (QED) is 0.804. The van der Waals surface area contributed by atoms with Gasteiger partial charge in [-0.05, 0) is 24.3 Å². The molecule has 21 heavy (non-hydrogen) atoms. The van der Waals surface area contributed by atoms with E-state index in [2.05, 4.69) is 4.98 Å². The Morgan fingerprint density at radius 3 is 2.90 bits per heavy atom. The number of likely N-dealkylation sites (N-methyl/N-ethyl adjacent to an activating group) is 1. The minimum Gasteiger partial charge on any atom is -0.448 e. The summed E-state index contributed by atoms with van der Waals surface area (Å²) < 4.78 is 6.68. The average Bonchev–Trinajstić information content (AvgIpc) is 3.13. The fraction of sp³-hybridized carbons (Fsp3) is 0.200. The molecule has 0 saturated carbocycles. The van der Waals surface area contributed by atoms with E-state index in [-0.39, 0.29) is 24.8 Å². The summed E-state index contributed by atoms with van der Waals surface area (Å²) >= 11 is 1.52. The van der Waals surface area contributed by atoms with Gasteiger partial charge in [-0.15, -0.1) is 11.3 Å². The van der Waals surface area contributed by atoms with Crippen molar-refractivity contribution in [2.75, 3.05) is 20.2 Å². The predicted octanol–water partition coefficient (Wildman–Crippen LogP) is 2.62. The first-order valence-corrected chi connectivity index (χ1v) is 7.33. The van der Waals surface area contributed by atoms with Crippen LogP contribution in [0, 0.1) is 0 Å². The Morgan fingerprint density at radius 2 is 2.14 bits per heavy atom. The molecule has 0 unspecified atom stereocenters. The molecular weight excluding hydrogens is 288 g/mol. The van der Waals surface area contributed by atoms with Crippen LogP contribution in [0.15, 0.2) is 40.8 Å². The van der Waals surface area contributed by atoms with Crippen molar-refractivity contribution in [1.29, 1.82) is 0 Å². The topological polar surface area (TPSA) is 66.6 Å². The molecule has 1 aromatic carbocycles. The highest BCUT2D eigenvalue weighted by atomic mass is 32.1. The van der Waals surface area contributed by atoms with Gasteiger partial charge in [-0.2, -0.15) is 0 Å². The summed E-state index contributed by atoms with van der Waals surface area (Å²) in [7, 11) is 1.62. The second-order valence-electron chi connectivity index (χ2n) is 4.60. The lowest BCUT2D eigenvalue weighted by Gasteiger charge is -2.13. The molecule has 5 nitrogen and oxygen atoms in total. The zero-order chi connectivity index (χ0) is 14.8. The number of carbonyl (C=O) groups is 1. The molecule has 0 aliphatic rings. The molecule has 2 aromatic heterocycles. The minimum absolute atomic E-state index is 0.0757. The molecule has 108 valence electrons. The summed E-state index contributed by atoms with van der Waals surface area (Å²) in [6.07, 6.45) is 0. The molecule has 1 N–H and O–H groups in total. The predicted molar refractivity (Wildman–Crippen MR) is 81.4 cm³/mol. The summed E-state index contributed by atoms with van der Waals surface area (Å²) in [5.41, 5.74) is 0.916. The number of carbonyl (C=O) groups excluding carboxylic acids is 1. The number of benzene rings is 1. The number of hydrogen-bond donors (Lipinski definition) is 1. The SMILES string of the molecule is CN(CCO)C(=O)c1ccc(-c2nc3ccccc3s2)o1. The fourth-order valence-electron chi connectivity index (χ4n) is 1.99. The minimum atomic E-state index is -0.253. The number of nitrogens with zero attached hydrogens (tertiary/aromatic N) is 2. The number of para-hydroxylation sites is 1. The van der Waals surface area contributed by atoms with Crippen molar-refractivity contribution < 1.29 is 14.3 Å². The van der Waals surface area contributed by atoms with E-state index in [4.69, 9.17) is 9.52 Å². The van der Waals surface area contributed by atoms with Crippen molar-refractivity contribution in [3.63, 3.8) is 0 Å². The summed E-state index contributed by atoms with van der Waals surface area (Å²) in [6, 6.07) is 11.2. The van der Waals surface area contributed by atoms with Crippen molar-refractivity contribution >= 4 is 27.5 Å². The van der Waals surface area contributed by atoms with Crippen LogP contribution in [-0.2, 0) is 0 Å². The van der Waals surface area contributed by atoms with Gasteiger partial charge in [0.05, 0.1) is 16.8 Å². The highest BCUT2D eigenvalue weighted by molar-refractivity contribution is 7.21. The number of aliphatic hydroxyl groups excluding tert-OH is 1. The third kappa shape index (κ3) is 2.68. The Morgan fingerprint density at radius 1 is 1.33 bits per heavy atom. The van der Waals surface area contributed by atoms with Gasteiger partial charge >= 0.3 is 0 Å². The second kappa shape index (κ2) is 5.67. The van der Waals surface area contributed by atoms with Crippen LogP contribution < -0.4 is 0 Å². The van der Waals surface area contributed by atoms with Crippen LogP contribution in [0.25, 0.3) is 21.0 Å². The first-order chi connectivity index (χ1) is 10.2. The lowest BCUT2D eigenvalue weighted by Crippen LogP contribution is -2.29. The van der Waals surface area contributed by atoms with Gasteiger partial charge < -0.3 is 14.4 Å². The van der Waals surface area contributed by atoms with E-state index in [0.717, 1.165) is 15.2 Å². The highest BCUT2D eigenvalue weighted by Gasteiger charge is 2.17. The number of hydrogen-bond acceptors (Lipinski definition) is 5. The number of rotatable bonds is 4. The lowest BCUT2D eigenvalue weighted by atomic mass is 10.3. The molecule has 0 radical (unpaired) electrons. The van der Waals surface area contributed by atoms with Crippen LogP contribution in [-0.4, -0.2) is 41.1 Å². The van der Waals surface area contributed by atoms with Gasteiger partial charge in [-0.1, -0.05) is 12.1 Å². The smallest absolute Gasteiger partial charge is 0.289 e. The standard InChI is InChI=1S/C15H14N2O3S/c1-17(8-9-18)15(19)12-7-6-11(20-12)14-16-10-4-2-3-5-13(10)21-14/h2-7,18H,8-9H2,1H3. The van der Waals surface area contributed by atoms with Gasteiger partial charge in [0.25, 0.3) is 5.91 Å². The van der Waals surface area contributed by atoms with Crippen LogP contribution >= 0.6 is 11.3 Å². The van der Waals surface area contributed by atoms with Gasteiger partial charge in [-0.3, -0.25) is 4.79 Å². The molecule has 6 heteroatoms. The number of amides is 1. The normalized spacial score (nSPS) is 11.0. The van der Waals surface area contributed by atoms with Gasteiger partial charge in [0, 0.05) is 13.6 Å². The van der Waals surface area contributed by atoms with E-state index in [9.17, 15) is 4.79 Å². The monoisotopic (exact) mass is 302 g/mol. The Kier molecular flexibility index (Phi) is 3.72. The number of aromatic nitrogens is 1. The molecule has 0 aliphatic carbocycles. The molecule has 3 rings (SSSR count). The highest BCUT2D eigenvalue weighted by Crippen LogP contribution is 2.31. The number of aliphatic hydroxyl groups is 1. The van der Waals surface area contributed by atoms with Crippen molar-refractivity contribution in [3.05, 3.63) is 42.2 Å². The van der Waals surface area contributed by atoms with E-state index in [1.807, 2.05) is 24.3 Å². The first kappa shape index (κ1) is 13.8. The van der Waals surface area contributed by atoms with Crippen LogP contribution in [0.2, 0.25) is 0 Å². The molecule has 1 amide bonds. The van der Waals surface area contributed by atoms with Crippen LogP contribution in [0.5, 0.6) is 0 Å². The summed E-state index contributed by atoms with van der Waals surface area (Å²) in [4.78, 5) is 18.0. The maximum Gasteiger partial charge on any atom is 0.289 e. The molecule has 0 aliphatic heterocycles. The Balaban J connectivity index is 1.89. The van der Waals surface area contributed by atoms with E-state index in [1.165, 1.54) is 16.2 Å². The lowest BCUT2D eigenvalue weighted by molar-refractivity contribution is 0.0736. The fourth-order valence-corrected chi connectivity index (χ4v) is 2.91. The summed E-state index contributed by atoms with van der Waals surface area (Å²) in [6.45, 7) is 0.198. The van der Waals surface area contributed by atoms with Crippen LogP contribution in [0.3, 0.4) is 0 Å². The van der Waals surface area contributed by atoms with Gasteiger partial charge in [-0.25, -0.2) is 4.98 Å². The molecule has 0 spiro atoms. The Hall–Kier alpha value is -2.18. The Labute approximate surface area is 125 Å². The summed E-state index contributed by atoms with van der Waals surface area (Å²) in [5.74, 6) is 0.577. The third-order valence-corrected chi connectivity index (χ3v) is 4.15. The molecule has 3 aromatic rings. The van der Waals surface area contributed by atoms with E-state index in [0.29, 0.717) is 5.76 Å². The maximum atomic E-state index is 12.1. The second-order valence-corrected chi connectivity index (χ2v) is 5.63. The molecule has 0 fully saturated rings. The van der Waals surface area contributed by atoms with Crippen molar-refractivity contribution in [1.82, 2.24) is 9.88 Å². The maximum absolute atomic E-state index is 12.1. The zero-order valence-corrected chi connectivity index (χ0v) is 12.3. The Bertz CT molecular complexity index is 745. The van der Waals surface area contributed by atoms with E-state index in [1.54, 1.807) is 19.2 Å². The molecule has 0 atom stereocenters. The molecule has 0 saturated heterocycles. The van der Waals surface area contributed by atoms with Crippen molar-refractivity contribution in [3.8, 4) is 10.8 Å². The van der Waals surface area contributed by atoms with E-state index < -0.39 is 0 Å². The zero-order valence-electron chi connectivity index (χ0n) is 11.4. The number of fused-ring (bicyclic) bond motifs is 1. The number of furan rings is 1. The third-order valence-electron chi connectivity index (χ3n) is 3.10. The number of thiazole rings is 1. The molecule has 2 heterocycles. The first-order valence-electron chi connectivity index (χ1n) is 6.51. The van der Waals surface area contributed by atoms with Crippen LogP contribution in [0.4, 0.5) is 0 Å². The van der Waals surface area contributed by atoms with Gasteiger partial charge in [0.2, 0.25) is 0 Å². The molecule has 0 bridgehead atoms. The largest absolute Gasteiger partial charge is 0.448 e. The van der Waals surface area contributed by atoms with Crippen molar-refractivity contribution in [2.24, 2.45) is 0 Å². The molecular formula is C15H14N2O3S. The van der Waals surface area contributed by atoms with Gasteiger partial charge in [0.15, 0.2) is 16.5 Å². The average molecular weight is 302 g/mol. The summed E-state index contributed by atoms with van der Waals surface area (Å²) in [5, 5.41) is 9.61. The van der Waals surface area contributed by atoms with Crippen LogP contribution in [0.1, 0.15) is 10.6 Å².